The quantitative estimate of drug-likeness (QED) is 0.372. The number of imidazole rings is 1. The minimum atomic E-state index is -6.09. The molecule has 1 aliphatic rings. The third-order valence-electron chi connectivity index (χ3n) is 4.26. The third kappa shape index (κ3) is 5.28. The number of hydrogen-bond donors (Lipinski definition) is 0. The van der Waals surface area contributed by atoms with E-state index in [-0.39, 0.29) is 0 Å². The van der Waals surface area contributed by atoms with Gasteiger partial charge >= 0.3 is 15.7 Å². The van der Waals surface area contributed by atoms with Crippen LogP contribution in [-0.4, -0.2) is 41.7 Å². The number of hydrogen-bond acceptors (Lipinski definition) is 5. The van der Waals surface area contributed by atoms with E-state index in [1.165, 1.54) is 8.28 Å². The van der Waals surface area contributed by atoms with E-state index in [1.54, 1.807) is 30.0 Å². The maximum Gasteiger partial charge on any atom is 0.485 e. The van der Waals surface area contributed by atoms with E-state index in [1.807, 2.05) is 19.2 Å². The summed E-state index contributed by atoms with van der Waals surface area (Å²) in [6.45, 7) is 2.64. The van der Waals surface area contributed by atoms with Crippen LogP contribution in [0.1, 0.15) is 17.0 Å². The van der Waals surface area contributed by atoms with Gasteiger partial charge in [0.05, 0.1) is 7.05 Å². The van der Waals surface area contributed by atoms with E-state index in [2.05, 4.69) is 0 Å². The summed E-state index contributed by atoms with van der Waals surface area (Å²) >= 11 is 5.98. The standard InChI is InChI=1S/C14H17ClN3O2S.CHF3O3S/c1-11-16(2)7-8-18(11)21(19,20)17-6-5-12-9-14(15)4-3-13(12)10-17;2-1(3,4)8(5,6)7/h3-4,7-9H,5-6,10H2,1-2H3;(H,5,6,7)/q+1;/p-1. The van der Waals surface area contributed by atoms with Gasteiger partial charge in [0.15, 0.2) is 10.1 Å². The molecule has 0 fully saturated rings. The molecule has 1 aliphatic heterocycles. The van der Waals surface area contributed by atoms with Crippen LogP contribution in [-0.2, 0) is 40.3 Å². The molecule has 0 radical (unpaired) electrons. The first-order valence-electron chi connectivity index (χ1n) is 7.98. The third-order valence-corrected chi connectivity index (χ3v) is 6.91. The van der Waals surface area contributed by atoms with Crippen molar-refractivity contribution in [2.45, 2.75) is 25.4 Å². The van der Waals surface area contributed by atoms with Crippen molar-refractivity contribution in [3.63, 3.8) is 0 Å². The molecule has 2 aromatic rings. The van der Waals surface area contributed by atoms with Crippen LogP contribution in [0.3, 0.4) is 0 Å². The molecule has 2 heterocycles. The molecule has 3 rings (SSSR count). The lowest BCUT2D eigenvalue weighted by Gasteiger charge is -2.26. The molecule has 8 nitrogen and oxygen atoms in total. The first-order valence-corrected chi connectivity index (χ1v) is 11.2. The van der Waals surface area contributed by atoms with Crippen molar-refractivity contribution in [1.82, 2.24) is 8.28 Å². The van der Waals surface area contributed by atoms with Gasteiger partial charge in [0, 0.05) is 25.0 Å². The minimum Gasteiger partial charge on any atom is -0.741 e. The summed E-state index contributed by atoms with van der Waals surface area (Å²) in [7, 11) is -7.79. The Kier molecular flexibility index (Phi) is 6.69. The molecule has 0 bridgehead atoms. The molecule has 0 unspecified atom stereocenters. The average molecular weight is 476 g/mol. The predicted molar refractivity (Wildman–Crippen MR) is 96.0 cm³/mol. The van der Waals surface area contributed by atoms with Crippen molar-refractivity contribution >= 4 is 31.9 Å². The number of benzene rings is 1. The number of alkyl halides is 3. The van der Waals surface area contributed by atoms with E-state index < -0.39 is 25.8 Å². The molecule has 14 heteroatoms. The molecule has 1 aromatic carbocycles. The lowest BCUT2D eigenvalue weighted by molar-refractivity contribution is -0.676. The van der Waals surface area contributed by atoms with Crippen molar-refractivity contribution in [3.8, 4) is 0 Å². The second-order valence-corrected chi connectivity index (χ2v) is 9.77. The van der Waals surface area contributed by atoms with Crippen molar-refractivity contribution in [3.05, 3.63) is 52.6 Å². The summed E-state index contributed by atoms with van der Waals surface area (Å²) in [4.78, 5) is 0. The molecule has 0 saturated heterocycles. The highest BCUT2D eigenvalue weighted by Gasteiger charge is 2.37. The fourth-order valence-electron chi connectivity index (χ4n) is 2.59. The second kappa shape index (κ2) is 8.22. The minimum absolute atomic E-state index is 0.385. The predicted octanol–water partition coefficient (Wildman–Crippen LogP) is 1.48. The van der Waals surface area contributed by atoms with Crippen LogP contribution in [0.25, 0.3) is 0 Å². The smallest absolute Gasteiger partial charge is 0.485 e. The number of aryl methyl sites for hydroxylation is 1. The Balaban J connectivity index is 0.000000321. The summed E-state index contributed by atoms with van der Waals surface area (Å²) in [5.74, 6) is 0.678. The molecule has 0 spiro atoms. The Bertz CT molecular complexity index is 1110. The normalized spacial score (nSPS) is 15.4. The fourth-order valence-corrected chi connectivity index (χ4v) is 4.33. The lowest BCUT2D eigenvalue weighted by Crippen LogP contribution is -2.41. The SMILES string of the molecule is Cc1n(S(=O)(=O)N2CCc3cc(Cl)ccc3C2)cc[n+]1C.O=S(=O)([O-])C(F)(F)F. The van der Waals surface area contributed by atoms with Gasteiger partial charge in [-0.1, -0.05) is 17.7 Å². The number of fused-ring (bicyclic) bond motifs is 1. The van der Waals surface area contributed by atoms with Crippen molar-refractivity contribution in [2.75, 3.05) is 6.54 Å². The highest BCUT2D eigenvalue weighted by Crippen LogP contribution is 2.25. The molecule has 0 aliphatic carbocycles. The van der Waals surface area contributed by atoms with Gasteiger partial charge in [0.25, 0.3) is 5.82 Å². The molecule has 29 heavy (non-hydrogen) atoms. The Morgan fingerprint density at radius 2 is 1.76 bits per heavy atom. The van der Waals surface area contributed by atoms with Gasteiger partial charge in [-0.2, -0.15) is 25.9 Å². The molecule has 0 saturated carbocycles. The lowest BCUT2D eigenvalue weighted by atomic mass is 10.0. The molecule has 0 atom stereocenters. The van der Waals surface area contributed by atoms with Gasteiger partial charge in [0.2, 0.25) is 0 Å². The highest BCUT2D eigenvalue weighted by molar-refractivity contribution is 7.87. The zero-order valence-electron chi connectivity index (χ0n) is 15.2. The summed E-state index contributed by atoms with van der Waals surface area (Å²) in [6.07, 6.45) is 4.01. The van der Waals surface area contributed by atoms with Crippen LogP contribution in [0.2, 0.25) is 5.02 Å². The number of nitrogens with zero attached hydrogens (tertiary/aromatic N) is 3. The molecular formula is C15H17ClF3N3O5S2. The van der Waals surface area contributed by atoms with E-state index in [0.29, 0.717) is 30.4 Å². The number of aromatic nitrogens is 2. The van der Waals surface area contributed by atoms with E-state index in [9.17, 15) is 21.6 Å². The topological polar surface area (TPSA) is 103 Å². The van der Waals surface area contributed by atoms with Crippen LogP contribution in [0, 0.1) is 6.92 Å². The van der Waals surface area contributed by atoms with Gasteiger partial charge in [0.1, 0.15) is 12.4 Å². The molecule has 1 aromatic heterocycles. The van der Waals surface area contributed by atoms with Gasteiger partial charge in [-0.15, -0.1) is 3.97 Å². The van der Waals surface area contributed by atoms with E-state index >= 15 is 0 Å². The molecule has 0 amide bonds. The summed E-state index contributed by atoms with van der Waals surface area (Å²) in [6, 6.07) is 5.63. The first kappa shape index (κ1) is 23.6. The molecule has 0 N–H and O–H groups in total. The van der Waals surface area contributed by atoms with Crippen LogP contribution in [0.4, 0.5) is 13.2 Å². The summed E-state index contributed by atoms with van der Waals surface area (Å²) < 4.78 is 89.0. The van der Waals surface area contributed by atoms with E-state index in [0.717, 1.165) is 11.1 Å². The van der Waals surface area contributed by atoms with Crippen molar-refractivity contribution in [2.24, 2.45) is 7.05 Å². The summed E-state index contributed by atoms with van der Waals surface area (Å²) in [5.41, 5.74) is -3.50. The van der Waals surface area contributed by atoms with Crippen molar-refractivity contribution in [1.29, 1.82) is 0 Å². The largest absolute Gasteiger partial charge is 0.741 e. The van der Waals surface area contributed by atoms with Gasteiger partial charge in [-0.05, 0) is 29.7 Å². The Hall–Kier alpha value is -1.67. The van der Waals surface area contributed by atoms with Gasteiger partial charge in [-0.25, -0.2) is 13.0 Å². The fraction of sp³-hybridized carbons (Fsp3) is 0.400. The highest BCUT2D eigenvalue weighted by atomic mass is 35.5. The molecule has 162 valence electrons. The number of halogens is 4. The number of rotatable bonds is 2. The Morgan fingerprint density at radius 1 is 1.17 bits per heavy atom. The van der Waals surface area contributed by atoms with Gasteiger partial charge < -0.3 is 4.55 Å². The van der Waals surface area contributed by atoms with E-state index in [4.69, 9.17) is 24.6 Å². The zero-order chi connectivity index (χ0) is 22.2. The summed E-state index contributed by atoms with van der Waals surface area (Å²) in [5, 5.41) is 0.693. The second-order valence-electron chi connectivity index (χ2n) is 6.16. The van der Waals surface area contributed by atoms with Crippen molar-refractivity contribution < 1.29 is 39.1 Å². The Morgan fingerprint density at radius 3 is 2.24 bits per heavy atom. The average Bonchev–Trinajstić information content (AvgIpc) is 2.93. The maximum atomic E-state index is 12.7. The van der Waals surface area contributed by atoms with Gasteiger partial charge in [-0.3, -0.25) is 0 Å². The Labute approximate surface area is 171 Å². The van der Waals surface area contributed by atoms with Crippen LogP contribution >= 0.6 is 11.6 Å². The zero-order valence-corrected chi connectivity index (χ0v) is 17.6. The van der Waals surface area contributed by atoms with Crippen LogP contribution in [0.15, 0.2) is 30.6 Å². The van der Waals surface area contributed by atoms with Crippen LogP contribution < -0.4 is 4.57 Å². The van der Waals surface area contributed by atoms with Crippen LogP contribution in [0.5, 0.6) is 0 Å². The monoisotopic (exact) mass is 475 g/mol. The molecular weight excluding hydrogens is 459 g/mol. The first-order chi connectivity index (χ1) is 13.1. The maximum absolute atomic E-state index is 12.7.